The molecule has 0 amide bonds. The van der Waals surface area contributed by atoms with Crippen LogP contribution in [-0.4, -0.2) is 64.2 Å². The lowest BCUT2D eigenvalue weighted by Crippen LogP contribution is -2.30. The van der Waals surface area contributed by atoms with Crippen LogP contribution in [0.5, 0.6) is 0 Å². The van der Waals surface area contributed by atoms with Crippen molar-refractivity contribution in [3.63, 3.8) is 0 Å². The maximum atomic E-state index is 5.75. The highest BCUT2D eigenvalue weighted by Gasteiger charge is 2.15. The van der Waals surface area contributed by atoms with Gasteiger partial charge in [0.05, 0.1) is 0 Å². The van der Waals surface area contributed by atoms with Crippen LogP contribution in [-0.2, 0) is 12.3 Å². The molecule has 0 saturated heterocycles. The van der Waals surface area contributed by atoms with Gasteiger partial charge in [-0.1, -0.05) is 23.6 Å². The molecule has 0 aromatic carbocycles. The molecule has 0 aromatic heterocycles. The van der Waals surface area contributed by atoms with Crippen molar-refractivity contribution < 1.29 is 12.3 Å². The summed E-state index contributed by atoms with van der Waals surface area (Å²) in [6, 6.07) is 0. The molecule has 0 aliphatic rings. The zero-order chi connectivity index (χ0) is 19.2. The highest BCUT2D eigenvalue weighted by atomic mass is 29.2. The minimum atomic E-state index is -1.34. The summed E-state index contributed by atoms with van der Waals surface area (Å²) in [5.74, 6) is 0. The van der Waals surface area contributed by atoms with Crippen LogP contribution in [0.1, 0.15) is 0 Å². The van der Waals surface area contributed by atoms with E-state index in [2.05, 4.69) is 65.6 Å². The van der Waals surface area contributed by atoms with Gasteiger partial charge in [0.1, 0.15) is 30.3 Å². The van der Waals surface area contributed by atoms with E-state index >= 15 is 0 Å². The second kappa shape index (κ2) is 14.9. The quantitative estimate of drug-likeness (QED) is 0.517. The smallest absolute Gasteiger partial charge is 0.197 e. The highest BCUT2D eigenvalue weighted by Crippen LogP contribution is 2.02. The third kappa shape index (κ3) is 22.6. The summed E-state index contributed by atoms with van der Waals surface area (Å²) in [6.45, 7) is 26.3. The fourth-order valence-corrected chi connectivity index (χ4v) is 11.9. The Kier molecular flexibility index (Phi) is 18.4. The SMILES string of the molecule is C=C[Si](C)(C)O[SiH2][SiH2]C.C=C[Si](C)(C)O[SiH3].C=C[Si](C)(C)O[SiH3]. The van der Waals surface area contributed by atoms with Gasteiger partial charge in [-0.2, -0.15) is 0 Å². The first-order valence-corrected chi connectivity index (χ1v) is 24.6. The maximum absolute atomic E-state index is 5.75. The molecule has 0 saturated carbocycles. The van der Waals surface area contributed by atoms with Crippen molar-refractivity contribution in [1.82, 2.24) is 0 Å². The molecule has 0 spiro atoms. The minimum absolute atomic E-state index is 0.0641. The Morgan fingerprint density at radius 2 is 1.04 bits per heavy atom. The molecular formula is C13H40O3Si7. The molecule has 0 unspecified atom stereocenters. The lowest BCUT2D eigenvalue weighted by molar-refractivity contribution is 0.619. The second-order valence-electron chi connectivity index (χ2n) is 6.68. The first kappa shape index (κ1) is 28.4. The van der Waals surface area contributed by atoms with Gasteiger partial charge in [0.2, 0.25) is 0 Å². The Morgan fingerprint density at radius 3 is 1.17 bits per heavy atom. The van der Waals surface area contributed by atoms with Crippen molar-refractivity contribution in [2.45, 2.75) is 45.8 Å². The fraction of sp³-hybridized carbons (Fsp3) is 0.538. The van der Waals surface area contributed by atoms with Crippen molar-refractivity contribution in [1.29, 1.82) is 0 Å². The van der Waals surface area contributed by atoms with Gasteiger partial charge in [-0.3, -0.25) is 0 Å². The number of rotatable bonds is 8. The van der Waals surface area contributed by atoms with Crippen molar-refractivity contribution in [3.8, 4) is 0 Å². The van der Waals surface area contributed by atoms with Crippen LogP contribution >= 0.6 is 0 Å². The van der Waals surface area contributed by atoms with Crippen LogP contribution < -0.4 is 0 Å². The molecule has 0 radical (unpaired) electrons. The Hall–Kier alpha value is 0.618. The fourth-order valence-electron chi connectivity index (χ4n) is 0.591. The summed E-state index contributed by atoms with van der Waals surface area (Å²) in [5.41, 5.74) is 5.91. The lowest BCUT2D eigenvalue weighted by atomic mass is 11.3. The van der Waals surface area contributed by atoms with Crippen molar-refractivity contribution in [2.75, 3.05) is 0 Å². The summed E-state index contributed by atoms with van der Waals surface area (Å²) >= 11 is 0. The molecule has 0 bridgehead atoms. The standard InChI is InChI=1S/C5H16OSi3.2C4H12OSi2/c1-5-9(3,4)6-8-7-2;2*1-4-7(2,3)5-6/h5H,1,7-8H2,2-4H3;2*4H,1H2,2-3,6H3. The number of hydrogen-bond acceptors (Lipinski definition) is 3. The molecule has 0 fully saturated rings. The Balaban J connectivity index is -0.000000264. The summed E-state index contributed by atoms with van der Waals surface area (Å²) in [7, 11) is -2.13. The van der Waals surface area contributed by atoms with Gasteiger partial charge in [-0.05, 0) is 39.3 Å². The van der Waals surface area contributed by atoms with Gasteiger partial charge < -0.3 is 12.3 Å². The molecule has 0 rings (SSSR count). The zero-order valence-corrected chi connectivity index (χ0v) is 26.8. The van der Waals surface area contributed by atoms with Crippen molar-refractivity contribution in [2.24, 2.45) is 0 Å². The van der Waals surface area contributed by atoms with Crippen LogP contribution in [0.2, 0.25) is 45.8 Å². The van der Waals surface area contributed by atoms with Crippen molar-refractivity contribution >= 4 is 64.2 Å². The predicted octanol–water partition coefficient (Wildman–Crippen LogP) is 0.576. The third-order valence-corrected chi connectivity index (χ3v) is 21.8. The molecule has 0 aromatic rings. The van der Waals surface area contributed by atoms with E-state index in [0.717, 1.165) is 21.0 Å². The van der Waals surface area contributed by atoms with E-state index in [1.807, 2.05) is 17.1 Å². The lowest BCUT2D eigenvalue weighted by Gasteiger charge is -2.17. The van der Waals surface area contributed by atoms with Gasteiger partial charge in [0, 0.05) is 9.04 Å². The van der Waals surface area contributed by atoms with Gasteiger partial charge in [0.15, 0.2) is 25.0 Å². The second-order valence-corrected chi connectivity index (χ2v) is 27.6. The molecule has 0 heterocycles. The average molecular weight is 441 g/mol. The van der Waals surface area contributed by atoms with E-state index in [1.54, 1.807) is 0 Å². The molecular weight excluding hydrogens is 401 g/mol. The molecule has 0 N–H and O–H groups in total. The normalized spacial score (nSPS) is 12.7. The van der Waals surface area contributed by atoms with Crippen LogP contribution in [0.25, 0.3) is 0 Å². The molecule has 23 heavy (non-hydrogen) atoms. The topological polar surface area (TPSA) is 27.7 Å². The zero-order valence-electron chi connectivity index (χ0n) is 17.0. The van der Waals surface area contributed by atoms with Crippen LogP contribution in [0.4, 0.5) is 0 Å². The largest absolute Gasteiger partial charge is 0.461 e. The van der Waals surface area contributed by atoms with E-state index in [4.69, 9.17) is 12.3 Å². The molecule has 0 aliphatic carbocycles. The van der Waals surface area contributed by atoms with Gasteiger partial charge in [-0.15, -0.1) is 19.7 Å². The third-order valence-electron chi connectivity index (χ3n) is 3.21. The first-order chi connectivity index (χ1) is 10.4. The van der Waals surface area contributed by atoms with E-state index in [9.17, 15) is 0 Å². The van der Waals surface area contributed by atoms with E-state index in [1.165, 1.54) is 0 Å². The average Bonchev–Trinajstić information content (AvgIpc) is 2.54. The summed E-state index contributed by atoms with van der Waals surface area (Å²) in [6.07, 6.45) is 0. The van der Waals surface area contributed by atoms with Crippen LogP contribution in [0.3, 0.4) is 0 Å². The first-order valence-electron chi connectivity index (χ1n) is 8.02. The van der Waals surface area contributed by atoms with Crippen LogP contribution in [0, 0.1) is 0 Å². The molecule has 10 heteroatoms. The van der Waals surface area contributed by atoms with E-state index < -0.39 is 25.0 Å². The van der Waals surface area contributed by atoms with E-state index in [-0.39, 0.29) is 18.3 Å². The van der Waals surface area contributed by atoms with Crippen molar-refractivity contribution in [3.05, 3.63) is 36.8 Å². The number of hydrogen-bond donors (Lipinski definition) is 0. The minimum Gasteiger partial charge on any atom is -0.461 e. The monoisotopic (exact) mass is 440 g/mol. The molecule has 138 valence electrons. The van der Waals surface area contributed by atoms with Crippen LogP contribution in [0.15, 0.2) is 36.8 Å². The Bertz CT molecular complexity index is 314. The summed E-state index contributed by atoms with van der Waals surface area (Å²) in [5, 5.41) is 0. The highest BCUT2D eigenvalue weighted by molar-refractivity contribution is 7.00. The molecule has 0 atom stereocenters. The van der Waals surface area contributed by atoms with Gasteiger partial charge >= 0.3 is 0 Å². The molecule has 3 nitrogen and oxygen atoms in total. The predicted molar refractivity (Wildman–Crippen MR) is 129 cm³/mol. The summed E-state index contributed by atoms with van der Waals surface area (Å²) in [4.78, 5) is 0. The van der Waals surface area contributed by atoms with Gasteiger partial charge in [0.25, 0.3) is 0 Å². The Morgan fingerprint density at radius 1 is 0.739 bits per heavy atom. The summed E-state index contributed by atoms with van der Waals surface area (Å²) < 4.78 is 16.2. The van der Waals surface area contributed by atoms with Gasteiger partial charge in [-0.25, -0.2) is 0 Å². The maximum Gasteiger partial charge on any atom is 0.197 e. The Labute approximate surface area is 159 Å². The molecule has 0 aliphatic heterocycles. The van der Waals surface area contributed by atoms with E-state index in [0.29, 0.717) is 0 Å².